The lowest BCUT2D eigenvalue weighted by Gasteiger charge is -2.54. The van der Waals surface area contributed by atoms with E-state index >= 15 is 0 Å². The van der Waals surface area contributed by atoms with Gasteiger partial charge in [0, 0.05) is 22.6 Å². The van der Waals surface area contributed by atoms with Crippen molar-refractivity contribution in [3.05, 3.63) is 22.8 Å². The molecule has 0 heterocycles. The Balaban J connectivity index is 2.08. The molecule has 1 saturated carbocycles. The van der Waals surface area contributed by atoms with Crippen LogP contribution in [0.1, 0.15) is 123 Å². The van der Waals surface area contributed by atoms with Gasteiger partial charge in [0.25, 0.3) is 0 Å². The van der Waals surface area contributed by atoms with Crippen molar-refractivity contribution in [2.45, 2.75) is 131 Å². The van der Waals surface area contributed by atoms with Crippen LogP contribution in [-0.4, -0.2) is 14.4 Å². The molecule has 0 bridgehead atoms. The molecule has 0 spiro atoms. The molecule has 4 rings (SSSR count). The van der Waals surface area contributed by atoms with Gasteiger partial charge < -0.3 is 4.43 Å². The van der Waals surface area contributed by atoms with E-state index in [2.05, 4.69) is 13.8 Å². The lowest BCUT2D eigenvalue weighted by molar-refractivity contribution is 0.0316. The number of rotatable bonds is 7. The van der Waals surface area contributed by atoms with E-state index in [1.54, 1.807) is 6.92 Å². The summed E-state index contributed by atoms with van der Waals surface area (Å²) in [5, 5.41) is 0. The Kier molecular flexibility index (Phi) is 3.88. The first-order chi connectivity index (χ1) is 20.3. The molecular weight excluding hydrogens is 416 g/mol. The van der Waals surface area contributed by atoms with E-state index < -0.39 is 97.6 Å². The van der Waals surface area contributed by atoms with Crippen molar-refractivity contribution >= 4 is 8.32 Å². The highest BCUT2D eigenvalue weighted by molar-refractivity contribution is 6.69. The van der Waals surface area contributed by atoms with Gasteiger partial charge in [0.15, 0.2) is 8.32 Å². The quantitative estimate of drug-likeness (QED) is 0.327. The summed E-state index contributed by atoms with van der Waals surface area (Å²) >= 11 is 0. The van der Waals surface area contributed by atoms with E-state index in [9.17, 15) is 17.8 Å². The summed E-state index contributed by atoms with van der Waals surface area (Å²) in [7, 11) is -2.17. The van der Waals surface area contributed by atoms with Gasteiger partial charge in [0.05, 0.1) is 1.37 Å². The Morgan fingerprint density at radius 2 is 1.88 bits per heavy atom. The van der Waals surface area contributed by atoms with E-state index in [1.807, 2.05) is 26.6 Å². The third-order valence-electron chi connectivity index (χ3n) is 8.46. The second-order valence-corrected chi connectivity index (χ2v) is 17.0. The average Bonchev–Trinajstić information content (AvgIpc) is 3.01. The van der Waals surface area contributed by atoms with Crippen molar-refractivity contribution in [2.75, 3.05) is 0 Å². The lowest BCUT2D eigenvalue weighted by Crippen LogP contribution is -2.46. The highest BCUT2D eigenvalue weighted by Gasteiger charge is 2.53. The summed E-state index contributed by atoms with van der Waals surface area (Å²) in [4.78, 5) is 0. The highest BCUT2D eigenvalue weighted by atomic mass is 28.4. The minimum atomic E-state index is -3.12. The number of hydrogen-bond donors (Lipinski definition) is 0. The third kappa shape index (κ3) is 4.86. The molecule has 1 fully saturated rings. The first-order valence-corrected chi connectivity index (χ1v) is 16.4. The third-order valence-corrected chi connectivity index (χ3v) is 9.50. The number of hydrogen-bond acceptors (Lipinski definition) is 1. The molecule has 0 N–H and O–H groups in total. The van der Waals surface area contributed by atoms with Gasteiger partial charge in [-0.15, -0.1) is 0 Å². The van der Waals surface area contributed by atoms with Crippen LogP contribution in [0.4, 0.5) is 0 Å². The van der Waals surface area contributed by atoms with Gasteiger partial charge in [0.1, 0.15) is 0 Å². The second kappa shape index (κ2) is 9.27. The van der Waals surface area contributed by atoms with Crippen molar-refractivity contribution in [3.63, 3.8) is 0 Å². The molecule has 0 aliphatic heterocycles. The maximum atomic E-state index is 9.91. The van der Waals surface area contributed by atoms with Crippen molar-refractivity contribution in [3.8, 4) is 0 Å². The molecule has 0 radical (unpaired) electrons. The summed E-state index contributed by atoms with van der Waals surface area (Å²) < 4.78 is 129. The summed E-state index contributed by atoms with van der Waals surface area (Å²) in [5.74, 6) is -5.06. The molecule has 0 aromatic carbocycles. The van der Waals surface area contributed by atoms with Gasteiger partial charge in [-0.25, -0.2) is 0 Å². The largest absolute Gasteiger partial charge is 0.415 e. The SMILES string of the molecule is [2H]C1=C2C3=C(C([2H])([2H])C([2H])([2H])[C@]2(C)[C@@]([2H])([C@H](C)CC[C@@H](C)C(C)C)C1([2H])[2H])[C@@]1(C)CC[C@H](O[Si](C)(C)C)C[C@]1([2H])C([2H])([2H])C3([2H])[2H]. The van der Waals surface area contributed by atoms with E-state index in [1.165, 1.54) is 13.8 Å². The van der Waals surface area contributed by atoms with Gasteiger partial charge in [-0.05, 0) is 122 Å². The number of allylic oxidation sites excluding steroid dienone is 4. The van der Waals surface area contributed by atoms with E-state index in [0.717, 1.165) is 0 Å². The monoisotopic (exact) mass is 483 g/mol. The molecule has 0 saturated heterocycles. The van der Waals surface area contributed by atoms with Crippen LogP contribution in [0, 0.1) is 40.4 Å². The summed E-state index contributed by atoms with van der Waals surface area (Å²) in [6, 6.07) is -0.794. The maximum Gasteiger partial charge on any atom is 0.184 e. The zero-order valence-electron chi connectivity index (χ0n) is 35.3. The van der Waals surface area contributed by atoms with Crippen LogP contribution in [0.25, 0.3) is 0 Å². The minimum absolute atomic E-state index is 0.0232. The molecule has 0 aromatic heterocycles. The molecule has 4 aliphatic carbocycles. The topological polar surface area (TPSA) is 9.23 Å². The smallest absolute Gasteiger partial charge is 0.184 e. The van der Waals surface area contributed by atoms with Gasteiger partial charge in [-0.1, -0.05) is 66.0 Å². The summed E-state index contributed by atoms with van der Waals surface area (Å²) in [6.45, 7) is 16.5. The van der Waals surface area contributed by atoms with Gasteiger partial charge in [0.2, 0.25) is 0 Å². The lowest BCUT2D eigenvalue weighted by atomic mass is 9.51. The Hall–Kier alpha value is -0.343. The zero-order valence-corrected chi connectivity index (χ0v) is 23.3. The first kappa shape index (κ1) is 13.8. The predicted molar refractivity (Wildman–Crippen MR) is 146 cm³/mol. The molecule has 4 aliphatic rings. The molecule has 1 nitrogen and oxygen atoms in total. The van der Waals surface area contributed by atoms with E-state index in [0.29, 0.717) is 25.2 Å². The highest BCUT2D eigenvalue weighted by Crippen LogP contribution is 2.64. The van der Waals surface area contributed by atoms with Crippen LogP contribution in [0.15, 0.2) is 22.8 Å². The molecule has 0 amide bonds. The van der Waals surface area contributed by atoms with Crippen LogP contribution in [0.5, 0.6) is 0 Å². The summed E-state index contributed by atoms with van der Waals surface area (Å²) in [5.41, 5.74) is -5.49. The predicted octanol–water partition coefficient (Wildman–Crippen LogP) is 9.56. The van der Waals surface area contributed by atoms with Crippen LogP contribution >= 0.6 is 0 Å². The molecule has 33 heavy (non-hydrogen) atoms. The molecule has 7 atom stereocenters. The van der Waals surface area contributed by atoms with Gasteiger partial charge in [-0.3, -0.25) is 0 Å². The standard InChI is InChI=1S/C31H54OSi/c1-21(2)22(3)10-11-23(4)27-14-15-28-26-13-12-24-20-25(32-33(7,8)9)16-18-30(24,5)29(26)17-19-31(27,28)6/h15,21-25,27H,10-14,16-20H2,1-9H3/t22-,23-,24+,25+,27-,30+,31-/m1/s1/i12D2,13D2,14D2,15D,17D2,19D2,24D,27D. The molecule has 188 valence electrons. The van der Waals surface area contributed by atoms with Crippen molar-refractivity contribution in [2.24, 2.45) is 40.4 Å². The van der Waals surface area contributed by atoms with Crippen LogP contribution < -0.4 is 0 Å². The van der Waals surface area contributed by atoms with Crippen molar-refractivity contribution < 1.29 is 22.2 Å². The average molecular weight is 484 g/mol. The summed E-state index contributed by atoms with van der Waals surface area (Å²) in [6.07, 6.45) is -14.5. The molecule has 0 unspecified atom stereocenters. The van der Waals surface area contributed by atoms with Crippen LogP contribution in [0.3, 0.4) is 0 Å². The molecule has 0 aromatic rings. The normalized spacial score (nSPS) is 56.7. The van der Waals surface area contributed by atoms with Crippen molar-refractivity contribution in [1.29, 1.82) is 0 Å². The van der Waals surface area contributed by atoms with Crippen molar-refractivity contribution in [1.82, 2.24) is 0 Å². The fourth-order valence-corrected chi connectivity index (χ4v) is 7.04. The van der Waals surface area contributed by atoms with Crippen LogP contribution in [-0.2, 0) is 4.43 Å². The second-order valence-electron chi connectivity index (χ2n) is 12.5. The Morgan fingerprint density at radius 3 is 2.55 bits per heavy atom. The number of fused-ring (bicyclic) bond motifs is 4. The fraction of sp³-hybridized carbons (Fsp3) is 0.871. The van der Waals surface area contributed by atoms with Gasteiger partial charge >= 0.3 is 0 Å². The van der Waals surface area contributed by atoms with Gasteiger partial charge in [-0.2, -0.15) is 0 Å². The maximum absolute atomic E-state index is 9.91. The fourth-order valence-electron chi connectivity index (χ4n) is 5.84. The minimum Gasteiger partial charge on any atom is -0.415 e. The Morgan fingerprint density at radius 1 is 1.15 bits per heavy atom. The molecular formula is C31H54OSi. The molecule has 2 heteroatoms. The Bertz CT molecular complexity index is 1330. The van der Waals surface area contributed by atoms with Crippen LogP contribution in [0.2, 0.25) is 19.6 Å². The van der Waals surface area contributed by atoms with E-state index in [4.69, 9.17) is 4.43 Å². The Labute approximate surface area is 225 Å². The van der Waals surface area contributed by atoms with E-state index in [-0.39, 0.29) is 18.8 Å². The first-order valence-electron chi connectivity index (χ1n) is 19.5. The zero-order chi connectivity index (χ0) is 35.9.